The summed E-state index contributed by atoms with van der Waals surface area (Å²) in [7, 11) is 0. The number of carbonyl (C=O) groups excluding carboxylic acids is 1. The molecule has 1 saturated heterocycles. The molecule has 2 rings (SSSR count). The normalized spacial score (nSPS) is 20.1. The Bertz CT molecular complexity index is 454. The first-order chi connectivity index (χ1) is 10.2. The molecule has 1 aliphatic heterocycles. The van der Waals surface area contributed by atoms with Crippen molar-refractivity contribution < 1.29 is 9.53 Å². The van der Waals surface area contributed by atoms with E-state index in [0.29, 0.717) is 25.6 Å². The fourth-order valence-electron chi connectivity index (χ4n) is 2.81. The van der Waals surface area contributed by atoms with Crippen LogP contribution >= 0.6 is 0 Å². The average Bonchev–Trinajstić information content (AvgIpc) is 2.97. The van der Waals surface area contributed by atoms with Gasteiger partial charge in [-0.15, -0.1) is 0 Å². The fourth-order valence-corrected chi connectivity index (χ4v) is 2.81. The van der Waals surface area contributed by atoms with Gasteiger partial charge >= 0.3 is 0 Å². The zero-order valence-corrected chi connectivity index (χ0v) is 13.4. The third-order valence-electron chi connectivity index (χ3n) is 4.29. The SMILES string of the molecule is CCC(CC)n1ccc(CC(=O)C2CN(CC)CCO2)n1. The minimum Gasteiger partial charge on any atom is -0.368 e. The van der Waals surface area contributed by atoms with E-state index < -0.39 is 0 Å². The lowest BCUT2D eigenvalue weighted by Gasteiger charge is -2.31. The molecule has 0 spiro atoms. The first-order valence-corrected chi connectivity index (χ1v) is 8.08. The van der Waals surface area contributed by atoms with Gasteiger partial charge in [-0.2, -0.15) is 5.10 Å². The Morgan fingerprint density at radius 3 is 2.86 bits per heavy atom. The zero-order chi connectivity index (χ0) is 15.2. The Hall–Kier alpha value is -1.20. The van der Waals surface area contributed by atoms with Gasteiger partial charge in [-0.05, 0) is 25.5 Å². The fraction of sp³-hybridized carbons (Fsp3) is 0.750. The summed E-state index contributed by atoms with van der Waals surface area (Å²) in [4.78, 5) is 14.6. The Kier molecular flexibility index (Phi) is 5.94. The summed E-state index contributed by atoms with van der Waals surface area (Å²) in [5.74, 6) is 0.142. The van der Waals surface area contributed by atoms with Gasteiger partial charge in [-0.1, -0.05) is 20.8 Å². The van der Waals surface area contributed by atoms with E-state index in [4.69, 9.17) is 4.74 Å². The number of ether oxygens (including phenoxy) is 1. The molecule has 1 aromatic rings. The summed E-state index contributed by atoms with van der Waals surface area (Å²) in [6.07, 6.45) is 4.18. The number of ketones is 1. The van der Waals surface area contributed by atoms with E-state index in [2.05, 4.69) is 30.8 Å². The van der Waals surface area contributed by atoms with Gasteiger partial charge in [0.2, 0.25) is 0 Å². The van der Waals surface area contributed by atoms with Crippen molar-refractivity contribution in [2.45, 2.75) is 52.2 Å². The number of carbonyl (C=O) groups is 1. The maximum Gasteiger partial charge on any atom is 0.168 e. The van der Waals surface area contributed by atoms with E-state index in [9.17, 15) is 4.79 Å². The standard InChI is InChI=1S/C16H27N3O2/c1-4-14(5-2)19-8-7-13(17-19)11-15(20)16-12-18(6-3)9-10-21-16/h7-8,14,16H,4-6,9-12H2,1-3H3. The summed E-state index contributed by atoms with van der Waals surface area (Å²) < 4.78 is 7.60. The van der Waals surface area contributed by atoms with Gasteiger partial charge in [0.25, 0.3) is 0 Å². The van der Waals surface area contributed by atoms with Crippen molar-refractivity contribution in [3.05, 3.63) is 18.0 Å². The first kappa shape index (κ1) is 16.2. The van der Waals surface area contributed by atoms with Crippen molar-refractivity contribution in [3.8, 4) is 0 Å². The molecule has 5 heteroatoms. The molecule has 5 nitrogen and oxygen atoms in total. The third kappa shape index (κ3) is 4.14. The van der Waals surface area contributed by atoms with E-state index in [1.165, 1.54) is 0 Å². The van der Waals surface area contributed by atoms with Crippen molar-refractivity contribution >= 4 is 5.78 Å². The smallest absolute Gasteiger partial charge is 0.168 e. The predicted octanol–water partition coefficient (Wildman–Crippen LogP) is 2.08. The van der Waals surface area contributed by atoms with E-state index in [-0.39, 0.29) is 11.9 Å². The van der Waals surface area contributed by atoms with Gasteiger partial charge < -0.3 is 4.74 Å². The number of rotatable bonds is 7. The number of Topliss-reactive ketones (excluding diaryl/α,β-unsaturated/α-hetero) is 1. The molecule has 1 unspecified atom stereocenters. The summed E-state index contributed by atoms with van der Waals surface area (Å²) in [5.41, 5.74) is 0.851. The van der Waals surface area contributed by atoms with Crippen LogP contribution in [0, 0.1) is 0 Å². The van der Waals surface area contributed by atoms with Gasteiger partial charge in [0.15, 0.2) is 5.78 Å². The number of likely N-dealkylation sites (N-methyl/N-ethyl adjacent to an activating group) is 1. The van der Waals surface area contributed by atoms with Crippen LogP contribution in [0.2, 0.25) is 0 Å². The number of morpholine rings is 1. The van der Waals surface area contributed by atoms with E-state index in [1.54, 1.807) is 0 Å². The highest BCUT2D eigenvalue weighted by Gasteiger charge is 2.26. The monoisotopic (exact) mass is 293 g/mol. The van der Waals surface area contributed by atoms with Crippen LogP contribution in [-0.2, 0) is 16.0 Å². The Balaban J connectivity index is 1.93. The van der Waals surface area contributed by atoms with Crippen LogP contribution in [0.5, 0.6) is 0 Å². The lowest BCUT2D eigenvalue weighted by molar-refractivity contribution is -0.135. The van der Waals surface area contributed by atoms with Gasteiger partial charge in [0.1, 0.15) is 6.10 Å². The average molecular weight is 293 g/mol. The predicted molar refractivity (Wildman–Crippen MR) is 82.4 cm³/mol. The Labute approximate surface area is 127 Å². The minimum absolute atomic E-state index is 0.142. The Morgan fingerprint density at radius 2 is 2.19 bits per heavy atom. The highest BCUT2D eigenvalue weighted by atomic mass is 16.5. The summed E-state index contributed by atoms with van der Waals surface area (Å²) >= 11 is 0. The van der Waals surface area contributed by atoms with Crippen LogP contribution in [0.15, 0.2) is 12.3 Å². The van der Waals surface area contributed by atoms with Gasteiger partial charge in [0.05, 0.1) is 24.8 Å². The molecule has 1 aromatic heterocycles. The molecular formula is C16H27N3O2. The summed E-state index contributed by atoms with van der Waals surface area (Å²) in [5, 5.41) is 4.55. The van der Waals surface area contributed by atoms with Crippen LogP contribution in [0.1, 0.15) is 45.3 Å². The van der Waals surface area contributed by atoms with Crippen molar-refractivity contribution in [3.63, 3.8) is 0 Å². The van der Waals surface area contributed by atoms with Gasteiger partial charge in [-0.3, -0.25) is 14.4 Å². The number of nitrogens with zero attached hydrogens (tertiary/aromatic N) is 3. The zero-order valence-electron chi connectivity index (χ0n) is 13.4. The topological polar surface area (TPSA) is 47.4 Å². The molecule has 0 saturated carbocycles. The van der Waals surface area contributed by atoms with Crippen LogP contribution in [0.4, 0.5) is 0 Å². The molecule has 118 valence electrons. The van der Waals surface area contributed by atoms with Gasteiger partial charge in [-0.25, -0.2) is 0 Å². The molecule has 0 bridgehead atoms. The lowest BCUT2D eigenvalue weighted by Crippen LogP contribution is -2.46. The molecule has 0 radical (unpaired) electrons. The molecule has 0 N–H and O–H groups in total. The molecule has 0 amide bonds. The molecule has 2 heterocycles. The van der Waals surface area contributed by atoms with Crippen LogP contribution in [0.25, 0.3) is 0 Å². The molecule has 1 fully saturated rings. The van der Waals surface area contributed by atoms with Gasteiger partial charge in [0, 0.05) is 19.3 Å². The van der Waals surface area contributed by atoms with Crippen molar-refractivity contribution in [1.82, 2.24) is 14.7 Å². The number of hydrogen-bond donors (Lipinski definition) is 0. The summed E-state index contributed by atoms with van der Waals surface area (Å²) in [6, 6.07) is 2.38. The molecule has 21 heavy (non-hydrogen) atoms. The first-order valence-electron chi connectivity index (χ1n) is 8.08. The lowest BCUT2D eigenvalue weighted by atomic mass is 10.1. The highest BCUT2D eigenvalue weighted by molar-refractivity contribution is 5.85. The second kappa shape index (κ2) is 7.71. The van der Waals surface area contributed by atoms with Crippen molar-refractivity contribution in [1.29, 1.82) is 0 Å². The molecular weight excluding hydrogens is 266 g/mol. The Morgan fingerprint density at radius 1 is 1.43 bits per heavy atom. The van der Waals surface area contributed by atoms with Crippen LogP contribution < -0.4 is 0 Å². The molecule has 1 aliphatic rings. The molecule has 0 aromatic carbocycles. The second-order valence-corrected chi connectivity index (χ2v) is 5.65. The number of hydrogen-bond acceptors (Lipinski definition) is 4. The van der Waals surface area contributed by atoms with E-state index >= 15 is 0 Å². The number of aromatic nitrogens is 2. The van der Waals surface area contributed by atoms with E-state index in [0.717, 1.165) is 31.6 Å². The molecule has 0 aliphatic carbocycles. The highest BCUT2D eigenvalue weighted by Crippen LogP contribution is 2.15. The van der Waals surface area contributed by atoms with E-state index in [1.807, 2.05) is 16.9 Å². The largest absolute Gasteiger partial charge is 0.368 e. The van der Waals surface area contributed by atoms with Crippen LogP contribution in [0.3, 0.4) is 0 Å². The molecule has 1 atom stereocenters. The minimum atomic E-state index is -0.294. The third-order valence-corrected chi connectivity index (χ3v) is 4.29. The van der Waals surface area contributed by atoms with Crippen molar-refractivity contribution in [2.24, 2.45) is 0 Å². The quantitative estimate of drug-likeness (QED) is 0.772. The van der Waals surface area contributed by atoms with Crippen LogP contribution in [-0.4, -0.2) is 52.8 Å². The maximum absolute atomic E-state index is 12.3. The second-order valence-electron chi connectivity index (χ2n) is 5.65. The maximum atomic E-state index is 12.3. The van der Waals surface area contributed by atoms with Crippen molar-refractivity contribution in [2.75, 3.05) is 26.2 Å². The summed E-state index contributed by atoms with van der Waals surface area (Å²) in [6.45, 7) is 9.69.